The van der Waals surface area contributed by atoms with Gasteiger partial charge >= 0.3 is 0 Å². The molecule has 0 bridgehead atoms. The van der Waals surface area contributed by atoms with Gasteiger partial charge in [-0.1, -0.05) is 12.1 Å². The fourth-order valence-corrected chi connectivity index (χ4v) is 3.73. The van der Waals surface area contributed by atoms with Crippen molar-refractivity contribution >= 4 is 11.6 Å². The van der Waals surface area contributed by atoms with Crippen LogP contribution in [0.15, 0.2) is 29.3 Å². The molecule has 2 N–H and O–H groups in total. The van der Waals surface area contributed by atoms with Crippen molar-refractivity contribution in [1.29, 1.82) is 0 Å². The Hall–Kier alpha value is -1.83. The van der Waals surface area contributed by atoms with Gasteiger partial charge in [0.25, 0.3) is 0 Å². The fourth-order valence-electron chi connectivity index (χ4n) is 3.73. The highest BCUT2D eigenvalue weighted by Gasteiger charge is 2.28. The van der Waals surface area contributed by atoms with Crippen molar-refractivity contribution in [1.82, 2.24) is 15.5 Å². The molecule has 7 heteroatoms. The molecule has 2 aliphatic heterocycles. The Kier molecular flexibility index (Phi) is 8.15. The molecule has 2 heterocycles. The molecule has 1 aromatic rings. The van der Waals surface area contributed by atoms with E-state index < -0.39 is 0 Å². The van der Waals surface area contributed by atoms with E-state index in [9.17, 15) is 0 Å². The van der Waals surface area contributed by atoms with Crippen molar-refractivity contribution in [3.8, 4) is 0 Å². The largest absolute Gasteiger partial charge is 0.379 e. The molecule has 2 aliphatic rings. The van der Waals surface area contributed by atoms with Crippen LogP contribution < -0.4 is 15.5 Å². The van der Waals surface area contributed by atoms with E-state index in [0.29, 0.717) is 6.54 Å². The van der Waals surface area contributed by atoms with Crippen LogP contribution in [0.5, 0.6) is 0 Å². The monoisotopic (exact) mass is 403 g/mol. The Morgan fingerprint density at radius 1 is 0.966 bits per heavy atom. The number of ether oxygens (including phenoxy) is 2. The van der Waals surface area contributed by atoms with E-state index in [1.54, 1.807) is 0 Å². The minimum Gasteiger partial charge on any atom is -0.379 e. The molecule has 2 saturated heterocycles. The van der Waals surface area contributed by atoms with Gasteiger partial charge in [-0.2, -0.15) is 0 Å². The standard InChI is InChI=1S/C22H37N5O2/c1-4-23-21(25-18-22(2,3)27-11-15-29-16-12-27)24-17-19-5-7-20(8-6-19)26-9-13-28-14-10-26/h5-8H,4,9-18H2,1-3H3,(H2,23,24,25). The molecule has 0 saturated carbocycles. The summed E-state index contributed by atoms with van der Waals surface area (Å²) in [7, 11) is 0. The quantitative estimate of drug-likeness (QED) is 0.534. The van der Waals surface area contributed by atoms with Crippen LogP contribution in [0.1, 0.15) is 26.3 Å². The van der Waals surface area contributed by atoms with Crippen LogP contribution in [0.2, 0.25) is 0 Å². The molecule has 0 unspecified atom stereocenters. The number of morpholine rings is 2. The van der Waals surface area contributed by atoms with Gasteiger partial charge in [0.15, 0.2) is 5.96 Å². The van der Waals surface area contributed by atoms with Crippen LogP contribution in [0, 0.1) is 0 Å². The summed E-state index contributed by atoms with van der Waals surface area (Å²) in [6, 6.07) is 8.74. The van der Waals surface area contributed by atoms with Gasteiger partial charge in [0.1, 0.15) is 0 Å². The Morgan fingerprint density at radius 2 is 1.59 bits per heavy atom. The van der Waals surface area contributed by atoms with Gasteiger partial charge in [-0.05, 0) is 38.5 Å². The van der Waals surface area contributed by atoms with Gasteiger partial charge in [-0.15, -0.1) is 0 Å². The lowest BCUT2D eigenvalue weighted by atomic mass is 10.0. The van der Waals surface area contributed by atoms with Crippen LogP contribution in [0.4, 0.5) is 5.69 Å². The number of hydrogen-bond donors (Lipinski definition) is 2. The van der Waals surface area contributed by atoms with Gasteiger partial charge in [0.05, 0.1) is 33.0 Å². The zero-order valence-corrected chi connectivity index (χ0v) is 18.2. The second-order valence-corrected chi connectivity index (χ2v) is 8.23. The van der Waals surface area contributed by atoms with Crippen molar-refractivity contribution in [3.05, 3.63) is 29.8 Å². The van der Waals surface area contributed by atoms with Crippen LogP contribution >= 0.6 is 0 Å². The molecule has 7 nitrogen and oxygen atoms in total. The number of anilines is 1. The third kappa shape index (κ3) is 6.59. The summed E-state index contributed by atoms with van der Waals surface area (Å²) in [5.74, 6) is 0.867. The summed E-state index contributed by atoms with van der Waals surface area (Å²) in [6.45, 7) is 16.2. The van der Waals surface area contributed by atoms with Gasteiger partial charge in [-0.25, -0.2) is 4.99 Å². The van der Waals surface area contributed by atoms with Crippen molar-refractivity contribution in [2.24, 2.45) is 4.99 Å². The van der Waals surface area contributed by atoms with Gasteiger partial charge in [0.2, 0.25) is 0 Å². The first-order valence-corrected chi connectivity index (χ1v) is 10.8. The number of rotatable bonds is 7. The van der Waals surface area contributed by atoms with Crippen molar-refractivity contribution in [2.75, 3.05) is 70.6 Å². The number of nitrogens with one attached hydrogen (secondary N) is 2. The lowest BCUT2D eigenvalue weighted by molar-refractivity contribution is -0.00834. The molecule has 0 radical (unpaired) electrons. The van der Waals surface area contributed by atoms with Crippen molar-refractivity contribution in [3.63, 3.8) is 0 Å². The van der Waals surface area contributed by atoms with E-state index in [1.807, 2.05) is 0 Å². The molecule has 1 aromatic carbocycles. The molecule has 0 aromatic heterocycles. The third-order valence-electron chi connectivity index (χ3n) is 5.63. The van der Waals surface area contributed by atoms with E-state index in [2.05, 4.69) is 65.5 Å². The highest BCUT2D eigenvalue weighted by molar-refractivity contribution is 5.79. The molecular weight excluding hydrogens is 366 g/mol. The summed E-state index contributed by atoms with van der Waals surface area (Å²) < 4.78 is 10.9. The molecule has 29 heavy (non-hydrogen) atoms. The average Bonchev–Trinajstić information content (AvgIpc) is 2.77. The molecule has 0 spiro atoms. The van der Waals surface area contributed by atoms with Crippen LogP contribution in [-0.2, 0) is 16.0 Å². The van der Waals surface area contributed by atoms with Gasteiger partial charge in [0, 0.05) is 50.5 Å². The Balaban J connectivity index is 1.54. The Morgan fingerprint density at radius 3 is 2.21 bits per heavy atom. The average molecular weight is 404 g/mol. The number of nitrogens with zero attached hydrogens (tertiary/aromatic N) is 3. The topological polar surface area (TPSA) is 61.4 Å². The summed E-state index contributed by atoms with van der Waals surface area (Å²) in [4.78, 5) is 9.65. The van der Waals surface area contributed by atoms with Crippen molar-refractivity contribution < 1.29 is 9.47 Å². The first kappa shape index (κ1) is 21.9. The van der Waals surface area contributed by atoms with Crippen LogP contribution in [-0.4, -0.2) is 82.1 Å². The highest BCUT2D eigenvalue weighted by atomic mass is 16.5. The predicted molar refractivity (Wildman–Crippen MR) is 119 cm³/mol. The first-order valence-electron chi connectivity index (χ1n) is 10.8. The molecule has 2 fully saturated rings. The summed E-state index contributed by atoms with van der Waals surface area (Å²) in [5, 5.41) is 6.89. The highest BCUT2D eigenvalue weighted by Crippen LogP contribution is 2.17. The predicted octanol–water partition coefficient (Wildman–Crippen LogP) is 1.69. The van der Waals surface area contributed by atoms with E-state index in [-0.39, 0.29) is 5.54 Å². The Labute approximate surface area is 175 Å². The molecule has 162 valence electrons. The second-order valence-electron chi connectivity index (χ2n) is 8.23. The fraction of sp³-hybridized carbons (Fsp3) is 0.682. The smallest absolute Gasteiger partial charge is 0.191 e. The normalized spacial score (nSPS) is 19.3. The number of benzene rings is 1. The molecule has 3 rings (SSSR count). The minimum atomic E-state index is 0.0553. The summed E-state index contributed by atoms with van der Waals surface area (Å²) >= 11 is 0. The lowest BCUT2D eigenvalue weighted by Gasteiger charge is -2.41. The summed E-state index contributed by atoms with van der Waals surface area (Å²) in [6.07, 6.45) is 0. The molecule has 0 amide bonds. The zero-order chi connectivity index (χ0) is 20.5. The number of hydrogen-bond acceptors (Lipinski definition) is 5. The van der Waals surface area contributed by atoms with E-state index >= 15 is 0 Å². The minimum absolute atomic E-state index is 0.0553. The lowest BCUT2D eigenvalue weighted by Crippen LogP contribution is -2.56. The third-order valence-corrected chi connectivity index (χ3v) is 5.63. The second kappa shape index (κ2) is 10.8. The van der Waals surface area contributed by atoms with E-state index in [1.165, 1.54) is 11.3 Å². The number of guanidine groups is 1. The SMILES string of the molecule is CCNC(=NCc1ccc(N2CCOCC2)cc1)NCC(C)(C)N1CCOCC1. The van der Waals surface area contributed by atoms with Gasteiger partial charge in [-0.3, -0.25) is 4.90 Å². The van der Waals surface area contributed by atoms with Crippen LogP contribution in [0.3, 0.4) is 0 Å². The maximum Gasteiger partial charge on any atom is 0.191 e. The van der Waals surface area contributed by atoms with Crippen molar-refractivity contribution in [2.45, 2.75) is 32.9 Å². The maximum atomic E-state index is 5.49. The molecule has 0 atom stereocenters. The molecular formula is C22H37N5O2. The number of aliphatic imine (C=N–C) groups is 1. The zero-order valence-electron chi connectivity index (χ0n) is 18.2. The van der Waals surface area contributed by atoms with E-state index in [0.717, 1.165) is 71.7 Å². The van der Waals surface area contributed by atoms with Gasteiger partial charge < -0.3 is 25.0 Å². The van der Waals surface area contributed by atoms with E-state index in [4.69, 9.17) is 14.5 Å². The first-order chi connectivity index (χ1) is 14.1. The summed E-state index contributed by atoms with van der Waals surface area (Å²) in [5.41, 5.74) is 2.53. The molecule has 0 aliphatic carbocycles. The Bertz CT molecular complexity index is 635. The maximum absolute atomic E-state index is 5.49. The van der Waals surface area contributed by atoms with Crippen LogP contribution in [0.25, 0.3) is 0 Å².